The third kappa shape index (κ3) is 4.51. The fourth-order valence-corrected chi connectivity index (χ4v) is 3.96. The van der Waals surface area contributed by atoms with Crippen LogP contribution in [0.4, 0.5) is 0 Å². The molecule has 8 heteroatoms. The van der Waals surface area contributed by atoms with E-state index < -0.39 is 17.2 Å². The van der Waals surface area contributed by atoms with E-state index in [9.17, 15) is 14.4 Å². The van der Waals surface area contributed by atoms with Crippen LogP contribution in [-0.4, -0.2) is 33.6 Å². The summed E-state index contributed by atoms with van der Waals surface area (Å²) in [5.74, 6) is 0.298. The van der Waals surface area contributed by atoms with Crippen molar-refractivity contribution in [3.63, 3.8) is 0 Å². The zero-order valence-corrected chi connectivity index (χ0v) is 16.2. The topological polar surface area (TPSA) is 79.5 Å². The molecule has 1 aliphatic rings. The first-order chi connectivity index (χ1) is 13.0. The van der Waals surface area contributed by atoms with Crippen molar-refractivity contribution < 1.29 is 14.3 Å². The van der Waals surface area contributed by atoms with E-state index in [1.807, 2.05) is 12.1 Å². The van der Waals surface area contributed by atoms with Crippen molar-refractivity contribution in [3.05, 3.63) is 62.4 Å². The molecule has 1 saturated heterocycles. The second-order valence-corrected chi connectivity index (χ2v) is 7.45. The van der Waals surface area contributed by atoms with Gasteiger partial charge in [-0.05, 0) is 25.0 Å². The lowest BCUT2D eigenvalue weighted by Crippen LogP contribution is -2.38. The summed E-state index contributed by atoms with van der Waals surface area (Å²) in [7, 11) is 2.94. The Kier molecular flexibility index (Phi) is 6.18. The van der Waals surface area contributed by atoms with Gasteiger partial charge in [-0.25, -0.2) is 9.59 Å². The number of nitrogens with zero attached hydrogens (tertiary/aromatic N) is 2. The van der Waals surface area contributed by atoms with Crippen molar-refractivity contribution in [2.24, 2.45) is 14.1 Å². The molecule has 144 valence electrons. The molecule has 1 aliphatic heterocycles. The number of ether oxygens (including phenoxy) is 2. The maximum atomic E-state index is 12.5. The molecule has 0 unspecified atom stereocenters. The smallest absolute Gasteiger partial charge is 0.339 e. The van der Waals surface area contributed by atoms with Gasteiger partial charge in [-0.3, -0.25) is 13.9 Å². The first-order valence-electron chi connectivity index (χ1n) is 8.74. The Morgan fingerprint density at radius 2 is 2.04 bits per heavy atom. The molecule has 0 radical (unpaired) electrons. The number of benzene rings is 1. The molecule has 0 saturated carbocycles. The van der Waals surface area contributed by atoms with E-state index >= 15 is 0 Å². The standard InChI is InChI=1S/C19H22N2O5S/c1-20-13(10-17(22)21(2)19(20)24)11-26-18(23)15-7-3-4-8-16(15)27-12-14-6-5-9-25-14/h3-4,7-8,10,14H,5-6,9,11-12H2,1-2H3/t14-/m1/s1. The maximum absolute atomic E-state index is 12.5. The number of esters is 1. The van der Waals surface area contributed by atoms with Crippen molar-refractivity contribution in [1.82, 2.24) is 9.13 Å². The van der Waals surface area contributed by atoms with Crippen LogP contribution in [0.2, 0.25) is 0 Å². The summed E-state index contributed by atoms with van der Waals surface area (Å²) in [5.41, 5.74) is -0.0759. The first-order valence-corrected chi connectivity index (χ1v) is 9.72. The van der Waals surface area contributed by atoms with Gasteiger partial charge < -0.3 is 9.47 Å². The number of hydrogen-bond donors (Lipinski definition) is 0. The molecule has 1 aromatic carbocycles. The molecule has 2 heterocycles. The fourth-order valence-electron chi connectivity index (χ4n) is 2.85. The number of carbonyl (C=O) groups is 1. The second-order valence-electron chi connectivity index (χ2n) is 6.39. The van der Waals surface area contributed by atoms with E-state index in [0.717, 1.165) is 34.7 Å². The fraction of sp³-hybridized carbons (Fsp3) is 0.421. The number of hydrogen-bond acceptors (Lipinski definition) is 6. The summed E-state index contributed by atoms with van der Waals surface area (Å²) in [6.45, 7) is 0.648. The van der Waals surface area contributed by atoms with E-state index in [4.69, 9.17) is 9.47 Å². The molecule has 0 bridgehead atoms. The lowest BCUT2D eigenvalue weighted by atomic mass is 10.2. The lowest BCUT2D eigenvalue weighted by molar-refractivity contribution is 0.0458. The van der Waals surface area contributed by atoms with E-state index in [1.54, 1.807) is 23.9 Å². The van der Waals surface area contributed by atoms with Crippen molar-refractivity contribution in [1.29, 1.82) is 0 Å². The van der Waals surface area contributed by atoms with Gasteiger partial charge in [-0.15, -0.1) is 11.8 Å². The van der Waals surface area contributed by atoms with E-state index in [1.165, 1.54) is 24.7 Å². The number of carbonyl (C=O) groups excluding carboxylic acids is 1. The van der Waals surface area contributed by atoms with Gasteiger partial charge in [-0.1, -0.05) is 12.1 Å². The molecule has 0 amide bonds. The van der Waals surface area contributed by atoms with Crippen LogP contribution in [0.15, 0.2) is 44.8 Å². The number of aromatic nitrogens is 2. The quantitative estimate of drug-likeness (QED) is 0.552. The Labute approximate surface area is 160 Å². The van der Waals surface area contributed by atoms with Gasteiger partial charge in [0.2, 0.25) is 0 Å². The molecule has 1 aromatic heterocycles. The molecule has 0 N–H and O–H groups in total. The number of thioether (sulfide) groups is 1. The SMILES string of the molecule is Cn1c(COC(=O)c2ccccc2SC[C@H]2CCCO2)cc(=O)n(C)c1=O. The maximum Gasteiger partial charge on any atom is 0.339 e. The summed E-state index contributed by atoms with van der Waals surface area (Å²) >= 11 is 1.57. The molecule has 1 fully saturated rings. The van der Waals surface area contributed by atoms with Gasteiger partial charge >= 0.3 is 11.7 Å². The van der Waals surface area contributed by atoms with E-state index in [-0.39, 0.29) is 12.7 Å². The molecular formula is C19H22N2O5S. The van der Waals surface area contributed by atoms with E-state index in [0.29, 0.717) is 11.3 Å². The molecule has 0 aliphatic carbocycles. The van der Waals surface area contributed by atoms with Crippen LogP contribution < -0.4 is 11.2 Å². The lowest BCUT2D eigenvalue weighted by Gasteiger charge is -2.13. The van der Waals surface area contributed by atoms with Gasteiger partial charge in [0, 0.05) is 37.4 Å². The third-order valence-corrected chi connectivity index (χ3v) is 5.74. The molecular weight excluding hydrogens is 368 g/mol. The highest BCUT2D eigenvalue weighted by molar-refractivity contribution is 7.99. The molecule has 7 nitrogen and oxygen atoms in total. The third-order valence-electron chi connectivity index (χ3n) is 4.53. The van der Waals surface area contributed by atoms with Crippen molar-refractivity contribution in [2.45, 2.75) is 30.4 Å². The van der Waals surface area contributed by atoms with E-state index in [2.05, 4.69) is 0 Å². The summed E-state index contributed by atoms with van der Waals surface area (Å²) < 4.78 is 13.3. The molecule has 1 atom stereocenters. The summed E-state index contributed by atoms with van der Waals surface area (Å²) in [6.07, 6.45) is 2.33. The summed E-state index contributed by atoms with van der Waals surface area (Å²) in [4.78, 5) is 37.1. The van der Waals surface area contributed by atoms with Crippen LogP contribution in [-0.2, 0) is 30.2 Å². The second kappa shape index (κ2) is 8.58. The first kappa shape index (κ1) is 19.4. The van der Waals surface area contributed by atoms with Gasteiger partial charge in [0.05, 0.1) is 17.4 Å². The number of rotatable bonds is 6. The summed E-state index contributed by atoms with van der Waals surface area (Å²) in [5, 5.41) is 0. The normalized spacial score (nSPS) is 16.4. The van der Waals surface area contributed by atoms with Crippen LogP contribution in [0, 0.1) is 0 Å². The van der Waals surface area contributed by atoms with Crippen molar-refractivity contribution in [2.75, 3.05) is 12.4 Å². The van der Waals surface area contributed by atoms with Crippen LogP contribution in [0.5, 0.6) is 0 Å². The predicted octanol–water partition coefficient (Wildman–Crippen LogP) is 1.71. The Bertz CT molecular complexity index is 944. The van der Waals surface area contributed by atoms with Crippen molar-refractivity contribution >= 4 is 17.7 Å². The largest absolute Gasteiger partial charge is 0.456 e. The minimum Gasteiger partial charge on any atom is -0.456 e. The van der Waals surface area contributed by atoms with Crippen LogP contribution in [0.3, 0.4) is 0 Å². The van der Waals surface area contributed by atoms with Crippen LogP contribution >= 0.6 is 11.8 Å². The highest BCUT2D eigenvalue weighted by Crippen LogP contribution is 2.27. The zero-order valence-electron chi connectivity index (χ0n) is 15.3. The minimum atomic E-state index is -0.487. The molecule has 0 spiro atoms. The average Bonchev–Trinajstić information content (AvgIpc) is 3.20. The van der Waals surface area contributed by atoms with Gasteiger partial charge in [-0.2, -0.15) is 0 Å². The molecule has 27 heavy (non-hydrogen) atoms. The van der Waals surface area contributed by atoms with Crippen molar-refractivity contribution in [3.8, 4) is 0 Å². The summed E-state index contributed by atoms with van der Waals surface area (Å²) in [6, 6.07) is 8.54. The zero-order chi connectivity index (χ0) is 19.4. The van der Waals surface area contributed by atoms with Crippen LogP contribution in [0.25, 0.3) is 0 Å². The average molecular weight is 390 g/mol. The van der Waals surface area contributed by atoms with Crippen LogP contribution in [0.1, 0.15) is 28.9 Å². The highest BCUT2D eigenvalue weighted by Gasteiger charge is 2.19. The monoisotopic (exact) mass is 390 g/mol. The Morgan fingerprint density at radius 3 is 2.78 bits per heavy atom. The Morgan fingerprint density at radius 1 is 1.26 bits per heavy atom. The molecule has 3 rings (SSSR count). The Hall–Kier alpha value is -2.32. The van der Waals surface area contributed by atoms with Gasteiger partial charge in [0.15, 0.2) is 0 Å². The highest BCUT2D eigenvalue weighted by atomic mass is 32.2. The van der Waals surface area contributed by atoms with Gasteiger partial charge in [0.25, 0.3) is 5.56 Å². The molecule has 2 aromatic rings. The van der Waals surface area contributed by atoms with Gasteiger partial charge in [0.1, 0.15) is 6.61 Å². The minimum absolute atomic E-state index is 0.147. The Balaban J connectivity index is 1.70. The predicted molar refractivity (Wildman–Crippen MR) is 102 cm³/mol.